The molecule has 21 heavy (non-hydrogen) atoms. The van der Waals surface area contributed by atoms with Gasteiger partial charge in [0.05, 0.1) is 5.54 Å². The van der Waals surface area contributed by atoms with Crippen LogP contribution >= 0.6 is 0 Å². The zero-order valence-electron chi connectivity index (χ0n) is 14.3. The summed E-state index contributed by atoms with van der Waals surface area (Å²) < 4.78 is 0. The fourth-order valence-corrected chi connectivity index (χ4v) is 3.49. The molecular weight excluding hydrogens is 262 g/mol. The van der Waals surface area contributed by atoms with Crippen LogP contribution in [-0.2, 0) is 4.79 Å². The molecule has 1 aliphatic heterocycles. The van der Waals surface area contributed by atoms with Crippen molar-refractivity contribution in [3.05, 3.63) is 0 Å². The van der Waals surface area contributed by atoms with E-state index in [1.807, 2.05) is 13.8 Å². The van der Waals surface area contributed by atoms with Crippen molar-refractivity contribution in [1.82, 2.24) is 10.2 Å². The molecule has 1 fully saturated rings. The third-order valence-corrected chi connectivity index (χ3v) is 4.90. The second-order valence-corrected chi connectivity index (χ2v) is 6.76. The highest BCUT2D eigenvalue weighted by molar-refractivity contribution is 5.84. The summed E-state index contributed by atoms with van der Waals surface area (Å²) in [5.74, 6) is 0.695. The number of hydrogen-bond donors (Lipinski definition) is 2. The molecule has 3 N–H and O–H groups in total. The van der Waals surface area contributed by atoms with Crippen LogP contribution in [0.25, 0.3) is 0 Å². The number of likely N-dealkylation sites (tertiary alicyclic amines) is 1. The Kier molecular flexibility index (Phi) is 8.27. The van der Waals surface area contributed by atoms with Gasteiger partial charge in [0.1, 0.15) is 0 Å². The first-order chi connectivity index (χ1) is 10.0. The second kappa shape index (κ2) is 9.42. The van der Waals surface area contributed by atoms with E-state index in [9.17, 15) is 4.79 Å². The van der Waals surface area contributed by atoms with Crippen LogP contribution in [0.2, 0.25) is 0 Å². The molecule has 0 aliphatic carbocycles. The predicted molar refractivity (Wildman–Crippen MR) is 89.2 cm³/mol. The van der Waals surface area contributed by atoms with Crippen LogP contribution in [0, 0.1) is 5.92 Å². The standard InChI is InChI=1S/C17H35N3O/c1-4-8-15-9-6-12-20(14-10-15)13-7-11-17(3,16(18)21)19-5-2/h15,19H,4-14H2,1-3H3,(H2,18,21). The van der Waals surface area contributed by atoms with E-state index in [4.69, 9.17) is 5.73 Å². The van der Waals surface area contributed by atoms with E-state index >= 15 is 0 Å². The maximum atomic E-state index is 11.6. The van der Waals surface area contributed by atoms with E-state index in [1.165, 1.54) is 45.2 Å². The Hall–Kier alpha value is -0.610. The number of nitrogens with one attached hydrogen (secondary N) is 1. The average Bonchev–Trinajstić information content (AvgIpc) is 2.65. The summed E-state index contributed by atoms with van der Waals surface area (Å²) in [6.07, 6.45) is 8.61. The second-order valence-electron chi connectivity index (χ2n) is 6.76. The molecule has 2 unspecified atom stereocenters. The highest BCUT2D eigenvalue weighted by atomic mass is 16.1. The molecule has 0 saturated carbocycles. The van der Waals surface area contributed by atoms with Crippen molar-refractivity contribution in [2.75, 3.05) is 26.2 Å². The summed E-state index contributed by atoms with van der Waals surface area (Å²) >= 11 is 0. The molecule has 1 heterocycles. The maximum absolute atomic E-state index is 11.6. The first kappa shape index (κ1) is 18.4. The van der Waals surface area contributed by atoms with E-state index < -0.39 is 5.54 Å². The molecule has 1 saturated heterocycles. The smallest absolute Gasteiger partial charge is 0.237 e. The largest absolute Gasteiger partial charge is 0.368 e. The number of amides is 1. The average molecular weight is 297 g/mol. The van der Waals surface area contributed by atoms with Crippen molar-refractivity contribution < 1.29 is 4.79 Å². The van der Waals surface area contributed by atoms with Gasteiger partial charge >= 0.3 is 0 Å². The van der Waals surface area contributed by atoms with Crippen LogP contribution in [0.3, 0.4) is 0 Å². The SMILES string of the molecule is CCCC1CCCN(CCCC(C)(NCC)C(N)=O)CC1. The van der Waals surface area contributed by atoms with E-state index in [1.54, 1.807) is 0 Å². The molecule has 4 heteroatoms. The lowest BCUT2D eigenvalue weighted by atomic mass is 9.94. The van der Waals surface area contributed by atoms with E-state index in [2.05, 4.69) is 17.1 Å². The minimum absolute atomic E-state index is 0.233. The fraction of sp³-hybridized carbons (Fsp3) is 0.941. The summed E-state index contributed by atoms with van der Waals surface area (Å²) in [5, 5.41) is 3.24. The first-order valence-corrected chi connectivity index (χ1v) is 8.79. The van der Waals surface area contributed by atoms with Gasteiger partial charge in [-0.25, -0.2) is 0 Å². The summed E-state index contributed by atoms with van der Waals surface area (Å²) in [4.78, 5) is 14.2. The van der Waals surface area contributed by atoms with Gasteiger partial charge < -0.3 is 16.0 Å². The number of likely N-dealkylation sites (N-methyl/N-ethyl adjacent to an activating group) is 1. The molecule has 124 valence electrons. The van der Waals surface area contributed by atoms with Crippen LogP contribution in [-0.4, -0.2) is 42.5 Å². The van der Waals surface area contributed by atoms with Crippen molar-refractivity contribution in [3.8, 4) is 0 Å². The molecule has 0 aromatic rings. The van der Waals surface area contributed by atoms with Crippen molar-refractivity contribution in [2.45, 2.75) is 71.3 Å². The number of rotatable bonds is 9. The third-order valence-electron chi connectivity index (χ3n) is 4.90. The van der Waals surface area contributed by atoms with Gasteiger partial charge in [0.2, 0.25) is 5.91 Å². The number of carbonyl (C=O) groups is 1. The molecule has 0 bridgehead atoms. The van der Waals surface area contributed by atoms with Gasteiger partial charge in [-0.05, 0) is 71.1 Å². The van der Waals surface area contributed by atoms with Crippen LogP contribution in [0.5, 0.6) is 0 Å². The Morgan fingerprint density at radius 1 is 1.33 bits per heavy atom. The number of primary amides is 1. The summed E-state index contributed by atoms with van der Waals surface area (Å²) in [7, 11) is 0. The molecule has 1 aliphatic rings. The summed E-state index contributed by atoms with van der Waals surface area (Å²) in [6.45, 7) is 10.5. The predicted octanol–water partition coefficient (Wildman–Crippen LogP) is 2.52. The highest BCUT2D eigenvalue weighted by Gasteiger charge is 2.29. The molecule has 0 aromatic carbocycles. The van der Waals surface area contributed by atoms with Crippen LogP contribution < -0.4 is 11.1 Å². The minimum atomic E-state index is -0.550. The van der Waals surface area contributed by atoms with Crippen LogP contribution in [0.15, 0.2) is 0 Å². The van der Waals surface area contributed by atoms with Gasteiger partial charge in [0.15, 0.2) is 0 Å². The Labute approximate surface area is 130 Å². The van der Waals surface area contributed by atoms with Crippen molar-refractivity contribution >= 4 is 5.91 Å². The molecule has 0 radical (unpaired) electrons. The third kappa shape index (κ3) is 6.35. The molecule has 1 rings (SSSR count). The quantitative estimate of drug-likeness (QED) is 0.687. The van der Waals surface area contributed by atoms with Crippen molar-refractivity contribution in [1.29, 1.82) is 0 Å². The maximum Gasteiger partial charge on any atom is 0.237 e. The molecule has 2 atom stereocenters. The minimum Gasteiger partial charge on any atom is -0.368 e. The van der Waals surface area contributed by atoms with Gasteiger partial charge in [0.25, 0.3) is 0 Å². The highest BCUT2D eigenvalue weighted by Crippen LogP contribution is 2.22. The van der Waals surface area contributed by atoms with E-state index in [-0.39, 0.29) is 5.91 Å². The van der Waals surface area contributed by atoms with Gasteiger partial charge in [-0.2, -0.15) is 0 Å². The number of nitrogens with two attached hydrogens (primary N) is 1. The Bertz CT molecular complexity index is 308. The van der Waals surface area contributed by atoms with Crippen LogP contribution in [0.4, 0.5) is 0 Å². The van der Waals surface area contributed by atoms with Gasteiger partial charge in [-0.15, -0.1) is 0 Å². The van der Waals surface area contributed by atoms with E-state index in [0.29, 0.717) is 0 Å². The number of carbonyl (C=O) groups excluding carboxylic acids is 1. The lowest BCUT2D eigenvalue weighted by molar-refractivity contribution is -0.124. The summed E-state index contributed by atoms with van der Waals surface area (Å²) in [5.41, 5.74) is 4.99. The molecule has 4 nitrogen and oxygen atoms in total. The zero-order chi connectivity index (χ0) is 15.7. The van der Waals surface area contributed by atoms with Gasteiger partial charge in [-0.1, -0.05) is 26.7 Å². The van der Waals surface area contributed by atoms with Crippen molar-refractivity contribution in [2.24, 2.45) is 11.7 Å². The normalized spacial score (nSPS) is 23.5. The zero-order valence-corrected chi connectivity index (χ0v) is 14.3. The van der Waals surface area contributed by atoms with Gasteiger partial charge in [0, 0.05) is 0 Å². The molecule has 1 amide bonds. The number of nitrogens with zero attached hydrogens (tertiary/aromatic N) is 1. The fourth-order valence-electron chi connectivity index (χ4n) is 3.49. The monoisotopic (exact) mass is 297 g/mol. The lowest BCUT2D eigenvalue weighted by Gasteiger charge is -2.28. The first-order valence-electron chi connectivity index (χ1n) is 8.79. The van der Waals surface area contributed by atoms with E-state index in [0.717, 1.165) is 31.8 Å². The van der Waals surface area contributed by atoms with Crippen LogP contribution in [0.1, 0.15) is 65.7 Å². The lowest BCUT2D eigenvalue weighted by Crippen LogP contribution is -2.53. The van der Waals surface area contributed by atoms with Crippen molar-refractivity contribution in [3.63, 3.8) is 0 Å². The Morgan fingerprint density at radius 3 is 2.71 bits per heavy atom. The number of hydrogen-bond acceptors (Lipinski definition) is 3. The molecule has 0 aromatic heterocycles. The Morgan fingerprint density at radius 2 is 2.10 bits per heavy atom. The molecular formula is C17H35N3O. The Balaban J connectivity index is 2.33. The summed E-state index contributed by atoms with van der Waals surface area (Å²) in [6, 6.07) is 0. The topological polar surface area (TPSA) is 58.4 Å². The van der Waals surface area contributed by atoms with Gasteiger partial charge in [-0.3, -0.25) is 4.79 Å². The molecule has 0 spiro atoms.